The Morgan fingerprint density at radius 1 is 1.47 bits per heavy atom. The molecule has 19 heavy (non-hydrogen) atoms. The van der Waals surface area contributed by atoms with Gasteiger partial charge in [-0.25, -0.2) is 4.98 Å². The van der Waals surface area contributed by atoms with E-state index in [1.54, 1.807) is 23.8 Å². The number of halogens is 1. The second-order valence-electron chi connectivity index (χ2n) is 5.16. The fraction of sp³-hybridized carbons (Fsp3) is 0.583. The number of carbonyl (C=O) groups excluding carboxylic acids is 1. The van der Waals surface area contributed by atoms with Crippen LogP contribution in [0, 0.1) is 0 Å². The van der Waals surface area contributed by atoms with Crippen molar-refractivity contribution in [1.29, 1.82) is 0 Å². The number of amides is 1. The molecule has 3 rings (SSSR count). The van der Waals surface area contributed by atoms with Gasteiger partial charge in [-0.1, -0.05) is 0 Å². The lowest BCUT2D eigenvalue weighted by Gasteiger charge is -2.47. The summed E-state index contributed by atoms with van der Waals surface area (Å²) in [4.78, 5) is 24.4. The number of aryl methyl sites for hydroxylation is 1. The van der Waals surface area contributed by atoms with Crippen molar-refractivity contribution in [2.45, 2.75) is 25.3 Å². The van der Waals surface area contributed by atoms with E-state index in [9.17, 15) is 9.90 Å². The van der Waals surface area contributed by atoms with E-state index in [-0.39, 0.29) is 17.8 Å². The van der Waals surface area contributed by atoms with E-state index in [0.717, 1.165) is 24.2 Å². The molecule has 0 aliphatic carbocycles. The number of nitrogens with zero attached hydrogens (tertiary/aromatic N) is 4. The van der Waals surface area contributed by atoms with E-state index < -0.39 is 5.54 Å². The Hall–Kier alpha value is -1.40. The summed E-state index contributed by atoms with van der Waals surface area (Å²) in [5.74, 6) is 0.503. The fourth-order valence-electron chi connectivity index (χ4n) is 2.70. The molecule has 1 amide bonds. The summed E-state index contributed by atoms with van der Waals surface area (Å²) in [6, 6.07) is 0. The molecule has 1 aromatic heterocycles. The van der Waals surface area contributed by atoms with Gasteiger partial charge < -0.3 is 14.9 Å². The van der Waals surface area contributed by atoms with Crippen LogP contribution in [0.2, 0.25) is 5.28 Å². The van der Waals surface area contributed by atoms with Crippen LogP contribution in [0.4, 0.5) is 11.5 Å². The molecular formula is C12H15ClN4O2. The highest BCUT2D eigenvalue weighted by Crippen LogP contribution is 2.42. The first kappa shape index (κ1) is 12.6. The molecule has 6 nitrogen and oxygen atoms in total. The van der Waals surface area contributed by atoms with Gasteiger partial charge in [0.15, 0.2) is 5.82 Å². The number of likely N-dealkylation sites (N-methyl/N-ethyl adjacent to an activating group) is 1. The van der Waals surface area contributed by atoms with Crippen molar-refractivity contribution in [1.82, 2.24) is 9.97 Å². The zero-order valence-electron chi connectivity index (χ0n) is 10.9. The molecular weight excluding hydrogens is 268 g/mol. The average Bonchev–Trinajstić information content (AvgIpc) is 2.41. The third-order valence-electron chi connectivity index (χ3n) is 4.05. The van der Waals surface area contributed by atoms with E-state index in [4.69, 9.17) is 11.6 Å². The third kappa shape index (κ3) is 1.56. The van der Waals surface area contributed by atoms with Crippen LogP contribution in [-0.2, 0) is 11.2 Å². The zero-order valence-corrected chi connectivity index (χ0v) is 11.6. The Labute approximate surface area is 116 Å². The Morgan fingerprint density at radius 2 is 2.21 bits per heavy atom. The molecule has 7 heteroatoms. The maximum Gasteiger partial charge on any atom is 0.255 e. The lowest BCUT2D eigenvalue weighted by Crippen LogP contribution is -2.64. The van der Waals surface area contributed by atoms with Gasteiger partial charge in [0, 0.05) is 13.6 Å². The minimum atomic E-state index is -1.00. The normalized spacial score (nSPS) is 25.6. The van der Waals surface area contributed by atoms with Crippen molar-refractivity contribution in [3.05, 3.63) is 11.0 Å². The number of aliphatic hydroxyl groups is 1. The minimum Gasteiger partial charge on any atom is -0.393 e. The topological polar surface area (TPSA) is 69.6 Å². The Bertz CT molecular complexity index is 565. The predicted octanol–water partition coefficient (Wildman–Crippen LogP) is 0.610. The molecule has 0 fully saturated rings. The van der Waals surface area contributed by atoms with Gasteiger partial charge >= 0.3 is 0 Å². The summed E-state index contributed by atoms with van der Waals surface area (Å²) >= 11 is 5.96. The van der Waals surface area contributed by atoms with E-state index in [1.165, 1.54) is 0 Å². The number of hydrogen-bond acceptors (Lipinski definition) is 5. The summed E-state index contributed by atoms with van der Waals surface area (Å²) in [6.45, 7) is 2.07. The Balaban J connectivity index is 2.27. The third-order valence-corrected chi connectivity index (χ3v) is 4.22. The second kappa shape index (κ2) is 4.05. The van der Waals surface area contributed by atoms with Crippen LogP contribution in [0.15, 0.2) is 0 Å². The molecule has 0 saturated carbocycles. The highest BCUT2D eigenvalue weighted by Gasteiger charge is 2.48. The van der Waals surface area contributed by atoms with Crippen molar-refractivity contribution in [2.24, 2.45) is 0 Å². The van der Waals surface area contributed by atoms with Crippen molar-refractivity contribution >= 4 is 29.0 Å². The number of aromatic nitrogens is 2. The van der Waals surface area contributed by atoms with Crippen molar-refractivity contribution in [3.8, 4) is 0 Å². The van der Waals surface area contributed by atoms with Gasteiger partial charge in [0.05, 0.1) is 12.3 Å². The molecule has 1 atom stereocenters. The molecule has 1 aromatic rings. The smallest absolute Gasteiger partial charge is 0.255 e. The zero-order chi connectivity index (χ0) is 13.8. The highest BCUT2D eigenvalue weighted by molar-refractivity contribution is 6.28. The second-order valence-corrected chi connectivity index (χ2v) is 5.50. The summed E-state index contributed by atoms with van der Waals surface area (Å²) in [6.07, 6.45) is 1.63. The molecule has 2 aliphatic rings. The van der Waals surface area contributed by atoms with Gasteiger partial charge in [0.1, 0.15) is 11.2 Å². The monoisotopic (exact) mass is 282 g/mol. The van der Waals surface area contributed by atoms with Gasteiger partial charge in [0.25, 0.3) is 5.91 Å². The summed E-state index contributed by atoms with van der Waals surface area (Å²) in [7, 11) is 1.75. The van der Waals surface area contributed by atoms with Crippen LogP contribution >= 0.6 is 11.6 Å². The Kier molecular flexibility index (Phi) is 2.69. The molecule has 2 aliphatic heterocycles. The standard InChI is InChI=1S/C12H15ClN4O2/c1-12(6-18)10(19)17-5-3-4-7-8(17)9(16(12)2)15-11(13)14-7/h18H,3-6H2,1-2H3/t12-/m0/s1. The lowest BCUT2D eigenvalue weighted by atomic mass is 9.93. The minimum absolute atomic E-state index is 0.114. The quantitative estimate of drug-likeness (QED) is 0.765. The van der Waals surface area contributed by atoms with Crippen molar-refractivity contribution in [3.63, 3.8) is 0 Å². The van der Waals surface area contributed by atoms with E-state index in [2.05, 4.69) is 9.97 Å². The first-order valence-corrected chi connectivity index (χ1v) is 6.60. The van der Waals surface area contributed by atoms with Crippen LogP contribution in [0.3, 0.4) is 0 Å². The van der Waals surface area contributed by atoms with Gasteiger partial charge in [-0.05, 0) is 31.4 Å². The lowest BCUT2D eigenvalue weighted by molar-refractivity contribution is -0.125. The number of carbonyl (C=O) groups is 1. The van der Waals surface area contributed by atoms with Crippen LogP contribution in [-0.4, -0.2) is 46.7 Å². The summed E-state index contributed by atoms with van der Waals surface area (Å²) < 4.78 is 0. The van der Waals surface area contributed by atoms with Gasteiger partial charge in [-0.2, -0.15) is 4.98 Å². The van der Waals surface area contributed by atoms with Crippen molar-refractivity contribution in [2.75, 3.05) is 30.0 Å². The average molecular weight is 283 g/mol. The molecule has 0 bridgehead atoms. The largest absolute Gasteiger partial charge is 0.393 e. The SMILES string of the molecule is CN1c2nc(Cl)nc3c2N(CCC3)C(=O)[C@]1(C)CO. The fourth-order valence-corrected chi connectivity index (χ4v) is 2.89. The van der Waals surface area contributed by atoms with E-state index in [0.29, 0.717) is 12.4 Å². The van der Waals surface area contributed by atoms with Gasteiger partial charge in [-0.3, -0.25) is 4.79 Å². The maximum atomic E-state index is 12.6. The molecule has 0 saturated heterocycles. The number of anilines is 2. The number of hydrogen-bond donors (Lipinski definition) is 1. The van der Waals surface area contributed by atoms with Crippen LogP contribution in [0.1, 0.15) is 19.0 Å². The van der Waals surface area contributed by atoms with Crippen LogP contribution in [0.5, 0.6) is 0 Å². The van der Waals surface area contributed by atoms with Crippen LogP contribution < -0.4 is 9.80 Å². The Morgan fingerprint density at radius 3 is 2.89 bits per heavy atom. The molecule has 3 heterocycles. The number of aliphatic hydroxyl groups excluding tert-OH is 1. The summed E-state index contributed by atoms with van der Waals surface area (Å²) in [5.41, 5.74) is 0.551. The van der Waals surface area contributed by atoms with Crippen molar-refractivity contribution < 1.29 is 9.90 Å². The molecule has 102 valence electrons. The van der Waals surface area contributed by atoms with E-state index >= 15 is 0 Å². The predicted molar refractivity (Wildman–Crippen MR) is 71.6 cm³/mol. The molecule has 1 N–H and O–H groups in total. The molecule has 0 aromatic carbocycles. The number of rotatable bonds is 1. The van der Waals surface area contributed by atoms with Gasteiger partial charge in [-0.15, -0.1) is 0 Å². The first-order valence-electron chi connectivity index (χ1n) is 6.22. The molecule has 0 radical (unpaired) electrons. The highest BCUT2D eigenvalue weighted by atomic mass is 35.5. The molecule has 0 spiro atoms. The summed E-state index contributed by atoms with van der Waals surface area (Å²) in [5, 5.41) is 9.80. The first-order chi connectivity index (χ1) is 8.99. The van der Waals surface area contributed by atoms with Gasteiger partial charge in [0.2, 0.25) is 5.28 Å². The van der Waals surface area contributed by atoms with Crippen LogP contribution in [0.25, 0.3) is 0 Å². The van der Waals surface area contributed by atoms with E-state index in [1.807, 2.05) is 0 Å². The molecule has 0 unspecified atom stereocenters. The maximum absolute atomic E-state index is 12.6.